The number of hydrogen-bond acceptors (Lipinski definition) is 3. The Balaban J connectivity index is 1.36. The zero-order valence-electron chi connectivity index (χ0n) is 15.9. The van der Waals surface area contributed by atoms with Crippen LogP contribution >= 0.6 is 0 Å². The first-order valence-electron chi connectivity index (χ1n) is 9.63. The maximum absolute atomic E-state index is 13.0. The van der Waals surface area contributed by atoms with Crippen molar-refractivity contribution in [3.05, 3.63) is 59.9 Å². The van der Waals surface area contributed by atoms with Crippen LogP contribution in [0.4, 0.5) is 15.1 Å². The van der Waals surface area contributed by atoms with E-state index in [4.69, 9.17) is 4.98 Å². The first-order valence-corrected chi connectivity index (χ1v) is 9.63. The lowest BCUT2D eigenvalue weighted by Crippen LogP contribution is -2.52. The van der Waals surface area contributed by atoms with Crippen LogP contribution in [0.2, 0.25) is 0 Å². The van der Waals surface area contributed by atoms with Gasteiger partial charge in [0, 0.05) is 39.3 Å². The average molecular weight is 381 g/mol. The SMILES string of the molecule is CCn1c(N2CCN(C(=O)NCc3ccc(F)cc3)CC2)nc2ccccc21. The Labute approximate surface area is 163 Å². The second-order valence-electron chi connectivity index (χ2n) is 6.90. The summed E-state index contributed by atoms with van der Waals surface area (Å²) in [7, 11) is 0. The summed E-state index contributed by atoms with van der Waals surface area (Å²) in [6.45, 7) is 6.14. The highest BCUT2D eigenvalue weighted by atomic mass is 19.1. The number of imidazole rings is 1. The van der Waals surface area contributed by atoms with E-state index in [2.05, 4.69) is 27.8 Å². The number of nitrogens with one attached hydrogen (secondary N) is 1. The smallest absolute Gasteiger partial charge is 0.317 e. The maximum Gasteiger partial charge on any atom is 0.317 e. The molecule has 1 aromatic heterocycles. The summed E-state index contributed by atoms with van der Waals surface area (Å²) in [6.07, 6.45) is 0. The minimum absolute atomic E-state index is 0.0898. The highest BCUT2D eigenvalue weighted by Crippen LogP contribution is 2.23. The summed E-state index contributed by atoms with van der Waals surface area (Å²) < 4.78 is 15.2. The number of fused-ring (bicyclic) bond motifs is 1. The van der Waals surface area contributed by atoms with E-state index < -0.39 is 0 Å². The number of amides is 2. The van der Waals surface area contributed by atoms with Crippen molar-refractivity contribution in [2.75, 3.05) is 31.1 Å². The summed E-state index contributed by atoms with van der Waals surface area (Å²) in [5.41, 5.74) is 3.02. The number of aryl methyl sites for hydroxylation is 1. The van der Waals surface area contributed by atoms with Gasteiger partial charge in [-0.2, -0.15) is 0 Å². The minimum atomic E-state index is -0.274. The number of piperazine rings is 1. The number of anilines is 1. The van der Waals surface area contributed by atoms with Crippen LogP contribution in [0.25, 0.3) is 11.0 Å². The molecular formula is C21H24FN5O. The van der Waals surface area contributed by atoms with Crippen LogP contribution in [0.15, 0.2) is 48.5 Å². The number of carbonyl (C=O) groups excluding carboxylic acids is 1. The maximum atomic E-state index is 13.0. The van der Waals surface area contributed by atoms with Crippen LogP contribution in [0.1, 0.15) is 12.5 Å². The lowest BCUT2D eigenvalue weighted by atomic mass is 10.2. The van der Waals surface area contributed by atoms with E-state index in [9.17, 15) is 9.18 Å². The molecule has 0 unspecified atom stereocenters. The fourth-order valence-corrected chi connectivity index (χ4v) is 3.62. The highest BCUT2D eigenvalue weighted by Gasteiger charge is 2.24. The molecular weight excluding hydrogens is 357 g/mol. The van der Waals surface area contributed by atoms with E-state index in [-0.39, 0.29) is 11.8 Å². The molecule has 4 rings (SSSR count). The van der Waals surface area contributed by atoms with Crippen LogP contribution in [0, 0.1) is 5.82 Å². The number of rotatable bonds is 4. The summed E-state index contributed by atoms with van der Waals surface area (Å²) in [5.74, 6) is 0.694. The van der Waals surface area contributed by atoms with E-state index in [0.29, 0.717) is 19.6 Å². The molecule has 2 aromatic carbocycles. The third kappa shape index (κ3) is 3.65. The Morgan fingerprint density at radius 3 is 2.50 bits per heavy atom. The fraction of sp³-hybridized carbons (Fsp3) is 0.333. The predicted molar refractivity (Wildman–Crippen MR) is 108 cm³/mol. The molecule has 2 amide bonds. The number of carbonyl (C=O) groups is 1. The van der Waals surface area contributed by atoms with Crippen LogP contribution in [0.5, 0.6) is 0 Å². The lowest BCUT2D eigenvalue weighted by molar-refractivity contribution is 0.193. The van der Waals surface area contributed by atoms with Gasteiger partial charge in [0.2, 0.25) is 5.95 Å². The molecule has 0 aliphatic carbocycles. The van der Waals surface area contributed by atoms with E-state index in [1.165, 1.54) is 12.1 Å². The standard InChI is InChI=1S/C21H24FN5O/c1-2-27-19-6-4-3-5-18(19)24-20(27)25-11-13-26(14-12-25)21(28)23-15-16-7-9-17(22)10-8-16/h3-10H,2,11-15H2,1H3,(H,23,28). The van der Waals surface area contributed by atoms with Crippen molar-refractivity contribution in [3.8, 4) is 0 Å². The summed E-state index contributed by atoms with van der Waals surface area (Å²) in [6, 6.07) is 14.2. The summed E-state index contributed by atoms with van der Waals surface area (Å²) in [5, 5.41) is 2.91. The first kappa shape index (κ1) is 18.3. The molecule has 1 aliphatic heterocycles. The molecule has 1 aliphatic rings. The second kappa shape index (κ2) is 7.88. The molecule has 2 heterocycles. The molecule has 0 saturated carbocycles. The minimum Gasteiger partial charge on any atom is -0.339 e. The van der Waals surface area contributed by atoms with Gasteiger partial charge >= 0.3 is 6.03 Å². The zero-order chi connectivity index (χ0) is 19.5. The van der Waals surface area contributed by atoms with Crippen molar-refractivity contribution in [2.45, 2.75) is 20.0 Å². The van der Waals surface area contributed by atoms with Crippen LogP contribution < -0.4 is 10.2 Å². The number of hydrogen-bond donors (Lipinski definition) is 1. The van der Waals surface area contributed by atoms with E-state index in [1.54, 1.807) is 12.1 Å². The number of halogens is 1. The van der Waals surface area contributed by atoms with Crippen LogP contribution in [-0.4, -0.2) is 46.7 Å². The zero-order valence-corrected chi connectivity index (χ0v) is 15.9. The van der Waals surface area contributed by atoms with Gasteiger partial charge in [-0.3, -0.25) is 0 Å². The van der Waals surface area contributed by atoms with Crippen LogP contribution in [-0.2, 0) is 13.1 Å². The molecule has 7 heteroatoms. The molecule has 1 saturated heterocycles. The Morgan fingerprint density at radius 2 is 1.79 bits per heavy atom. The number of benzene rings is 2. The van der Waals surface area contributed by atoms with Gasteiger partial charge in [-0.15, -0.1) is 0 Å². The molecule has 0 bridgehead atoms. The summed E-state index contributed by atoms with van der Waals surface area (Å²) in [4.78, 5) is 21.3. The number of aromatic nitrogens is 2. The number of para-hydroxylation sites is 2. The van der Waals surface area contributed by atoms with E-state index in [1.807, 2.05) is 23.1 Å². The lowest BCUT2D eigenvalue weighted by Gasteiger charge is -2.35. The third-order valence-corrected chi connectivity index (χ3v) is 5.16. The van der Waals surface area contributed by atoms with Gasteiger partial charge < -0.3 is 19.7 Å². The monoisotopic (exact) mass is 381 g/mol. The normalized spacial score (nSPS) is 14.5. The van der Waals surface area contributed by atoms with Crippen molar-refractivity contribution in [2.24, 2.45) is 0 Å². The first-order chi connectivity index (χ1) is 13.7. The van der Waals surface area contributed by atoms with Gasteiger partial charge in [-0.25, -0.2) is 14.2 Å². The van der Waals surface area contributed by atoms with Crippen molar-refractivity contribution in [1.29, 1.82) is 0 Å². The van der Waals surface area contributed by atoms with Gasteiger partial charge in [0.15, 0.2) is 0 Å². The molecule has 146 valence electrons. The van der Waals surface area contributed by atoms with Crippen molar-refractivity contribution < 1.29 is 9.18 Å². The molecule has 28 heavy (non-hydrogen) atoms. The topological polar surface area (TPSA) is 53.4 Å². The van der Waals surface area contributed by atoms with Crippen LogP contribution in [0.3, 0.4) is 0 Å². The Bertz CT molecular complexity index is 961. The predicted octanol–water partition coefficient (Wildman–Crippen LogP) is 3.23. The van der Waals surface area contributed by atoms with Gasteiger partial charge in [0.05, 0.1) is 11.0 Å². The fourth-order valence-electron chi connectivity index (χ4n) is 3.62. The van der Waals surface area contributed by atoms with E-state index in [0.717, 1.165) is 42.2 Å². The third-order valence-electron chi connectivity index (χ3n) is 5.16. The molecule has 0 spiro atoms. The molecule has 1 fully saturated rings. The largest absolute Gasteiger partial charge is 0.339 e. The highest BCUT2D eigenvalue weighted by molar-refractivity contribution is 5.79. The van der Waals surface area contributed by atoms with E-state index >= 15 is 0 Å². The van der Waals surface area contributed by atoms with Gasteiger partial charge in [0.1, 0.15) is 5.82 Å². The number of urea groups is 1. The van der Waals surface area contributed by atoms with Gasteiger partial charge in [-0.05, 0) is 36.8 Å². The van der Waals surface area contributed by atoms with Crippen molar-refractivity contribution in [1.82, 2.24) is 19.8 Å². The number of nitrogens with zero attached hydrogens (tertiary/aromatic N) is 4. The quantitative estimate of drug-likeness (QED) is 0.755. The molecule has 1 N–H and O–H groups in total. The summed E-state index contributed by atoms with van der Waals surface area (Å²) >= 11 is 0. The average Bonchev–Trinajstić information content (AvgIpc) is 3.12. The van der Waals surface area contributed by atoms with Gasteiger partial charge in [-0.1, -0.05) is 24.3 Å². The Kier molecular flexibility index (Phi) is 5.14. The Morgan fingerprint density at radius 1 is 1.07 bits per heavy atom. The molecule has 0 radical (unpaired) electrons. The molecule has 0 atom stereocenters. The second-order valence-corrected chi connectivity index (χ2v) is 6.90. The Hall–Kier alpha value is -3.09. The molecule has 3 aromatic rings. The van der Waals surface area contributed by atoms with Crippen molar-refractivity contribution in [3.63, 3.8) is 0 Å². The van der Waals surface area contributed by atoms with Gasteiger partial charge in [0.25, 0.3) is 0 Å². The van der Waals surface area contributed by atoms with Crippen molar-refractivity contribution >= 4 is 23.0 Å². The molecule has 6 nitrogen and oxygen atoms in total.